The van der Waals surface area contributed by atoms with Gasteiger partial charge in [0.05, 0.1) is 4.90 Å². The van der Waals surface area contributed by atoms with Gasteiger partial charge < -0.3 is 10.2 Å². The van der Waals surface area contributed by atoms with Gasteiger partial charge in [0.25, 0.3) is 0 Å². The molecule has 2 amide bonds. The summed E-state index contributed by atoms with van der Waals surface area (Å²) in [5.41, 5.74) is 1.74. The van der Waals surface area contributed by atoms with Crippen LogP contribution in [0.5, 0.6) is 0 Å². The predicted octanol–water partition coefficient (Wildman–Crippen LogP) is 4.44. The minimum atomic E-state index is -3.51. The van der Waals surface area contributed by atoms with Gasteiger partial charge in [0.2, 0.25) is 21.8 Å². The second-order valence-electron chi connectivity index (χ2n) is 9.36. The van der Waals surface area contributed by atoms with E-state index in [0.717, 1.165) is 43.2 Å². The molecule has 3 rings (SSSR count). The fraction of sp³-hybridized carbons (Fsp3) is 0.481. The Bertz CT molecular complexity index is 1120. The Kier molecular flexibility index (Phi) is 10.3. The summed E-state index contributed by atoms with van der Waals surface area (Å²) in [6.45, 7) is 4.73. The third kappa shape index (κ3) is 8.61. The molecule has 7 nitrogen and oxygen atoms in total. The second-order valence-corrected chi connectivity index (χ2v) is 11.5. The molecule has 9 heteroatoms. The number of nitrogens with zero attached hydrogens (tertiary/aromatic N) is 1. The zero-order valence-corrected chi connectivity index (χ0v) is 22.6. The number of rotatable bonds is 14. The van der Waals surface area contributed by atoms with E-state index < -0.39 is 16.1 Å². The van der Waals surface area contributed by atoms with Gasteiger partial charge in [-0.3, -0.25) is 9.59 Å². The first-order valence-corrected chi connectivity index (χ1v) is 14.5. The number of benzene rings is 2. The Morgan fingerprint density at radius 1 is 1.03 bits per heavy atom. The van der Waals surface area contributed by atoms with Gasteiger partial charge in [-0.1, -0.05) is 55.6 Å². The van der Waals surface area contributed by atoms with E-state index in [-0.39, 0.29) is 29.2 Å². The van der Waals surface area contributed by atoms with Crippen LogP contribution in [-0.4, -0.2) is 43.8 Å². The van der Waals surface area contributed by atoms with Crippen LogP contribution in [0.25, 0.3) is 0 Å². The van der Waals surface area contributed by atoms with Gasteiger partial charge in [0, 0.05) is 30.6 Å². The van der Waals surface area contributed by atoms with E-state index in [1.165, 1.54) is 0 Å². The molecule has 0 heterocycles. The average Bonchev–Trinajstić information content (AvgIpc) is 3.68. The molecule has 196 valence electrons. The molecule has 0 unspecified atom stereocenters. The predicted molar refractivity (Wildman–Crippen MR) is 142 cm³/mol. The number of carbonyl (C=O) groups is 2. The summed E-state index contributed by atoms with van der Waals surface area (Å²) < 4.78 is 27.4. The summed E-state index contributed by atoms with van der Waals surface area (Å²) in [6, 6.07) is 13.3. The molecule has 1 saturated carbocycles. The molecular weight excluding hydrogens is 498 g/mol. The lowest BCUT2D eigenvalue weighted by molar-refractivity contribution is -0.140. The van der Waals surface area contributed by atoms with Crippen LogP contribution in [0, 0.1) is 0 Å². The molecule has 0 aromatic heterocycles. The molecule has 1 atom stereocenters. The summed E-state index contributed by atoms with van der Waals surface area (Å²) in [5.74, 6) is -0.320. The summed E-state index contributed by atoms with van der Waals surface area (Å²) >= 11 is 6.00. The van der Waals surface area contributed by atoms with E-state index in [9.17, 15) is 18.0 Å². The highest BCUT2D eigenvalue weighted by molar-refractivity contribution is 7.89. The van der Waals surface area contributed by atoms with Crippen LogP contribution in [0.2, 0.25) is 5.02 Å². The third-order valence-corrected chi connectivity index (χ3v) is 8.06. The van der Waals surface area contributed by atoms with Gasteiger partial charge in [-0.05, 0) is 68.0 Å². The summed E-state index contributed by atoms with van der Waals surface area (Å²) in [5, 5.41) is 3.55. The molecule has 1 aliphatic rings. The lowest BCUT2D eigenvalue weighted by Gasteiger charge is -2.29. The standard InChI is InChI=1S/C27H36ClN3O4S/c1-3-4-5-18-29-27(33)20(2)31(19-22-6-11-23(28)12-7-22)26(32)17-10-21-8-15-25(16-9-21)36(34,35)30-24-13-14-24/h6-9,11-12,15-16,20,24,30H,3-5,10,13-14,17-19H2,1-2H3,(H,29,33)/t20-/m0/s1. The number of carbonyl (C=O) groups excluding carboxylic acids is 2. The van der Waals surface area contributed by atoms with Crippen LogP contribution in [0.15, 0.2) is 53.4 Å². The van der Waals surface area contributed by atoms with Crippen molar-refractivity contribution in [3.63, 3.8) is 0 Å². The molecule has 0 saturated heterocycles. The van der Waals surface area contributed by atoms with E-state index in [0.29, 0.717) is 24.5 Å². The summed E-state index contributed by atoms with van der Waals surface area (Å²) in [6.07, 6.45) is 5.41. The Labute approximate surface area is 219 Å². The Hall–Kier alpha value is -2.42. The highest BCUT2D eigenvalue weighted by Crippen LogP contribution is 2.22. The largest absolute Gasteiger partial charge is 0.354 e. The quantitative estimate of drug-likeness (QED) is 0.351. The van der Waals surface area contributed by atoms with E-state index in [2.05, 4.69) is 17.0 Å². The lowest BCUT2D eigenvalue weighted by Crippen LogP contribution is -2.47. The first kappa shape index (κ1) is 28.2. The van der Waals surface area contributed by atoms with Gasteiger partial charge in [-0.25, -0.2) is 13.1 Å². The molecule has 0 bridgehead atoms. The van der Waals surface area contributed by atoms with Crippen molar-refractivity contribution in [2.45, 2.75) is 82.3 Å². The van der Waals surface area contributed by atoms with E-state index in [1.54, 1.807) is 48.2 Å². The van der Waals surface area contributed by atoms with Crippen LogP contribution in [0.4, 0.5) is 0 Å². The van der Waals surface area contributed by atoms with E-state index >= 15 is 0 Å². The number of nitrogens with one attached hydrogen (secondary N) is 2. The first-order valence-electron chi connectivity index (χ1n) is 12.6. The number of aryl methyl sites for hydroxylation is 1. The van der Waals surface area contributed by atoms with Crippen molar-refractivity contribution in [3.05, 3.63) is 64.7 Å². The van der Waals surface area contributed by atoms with Crippen molar-refractivity contribution in [1.29, 1.82) is 0 Å². The number of unbranched alkanes of at least 4 members (excludes halogenated alkanes) is 2. The normalized spacial score (nSPS) is 14.3. The number of sulfonamides is 1. The van der Waals surface area contributed by atoms with Crippen molar-refractivity contribution < 1.29 is 18.0 Å². The molecule has 2 N–H and O–H groups in total. The van der Waals surface area contributed by atoms with E-state index in [4.69, 9.17) is 11.6 Å². The maximum Gasteiger partial charge on any atom is 0.242 e. The van der Waals surface area contributed by atoms with Crippen LogP contribution in [0.3, 0.4) is 0 Å². The zero-order valence-electron chi connectivity index (χ0n) is 21.0. The van der Waals surface area contributed by atoms with Crippen molar-refractivity contribution in [1.82, 2.24) is 14.9 Å². The number of hydrogen-bond acceptors (Lipinski definition) is 4. The second kappa shape index (κ2) is 13.2. The Morgan fingerprint density at radius 2 is 1.67 bits per heavy atom. The molecule has 0 spiro atoms. The molecule has 1 aliphatic carbocycles. The molecule has 0 radical (unpaired) electrons. The summed E-state index contributed by atoms with van der Waals surface area (Å²) in [4.78, 5) is 27.9. The number of amides is 2. The van der Waals surface area contributed by atoms with Crippen LogP contribution in [0.1, 0.15) is 63.5 Å². The number of hydrogen-bond donors (Lipinski definition) is 2. The summed E-state index contributed by atoms with van der Waals surface area (Å²) in [7, 11) is -3.51. The maximum absolute atomic E-state index is 13.3. The van der Waals surface area contributed by atoms with Crippen molar-refractivity contribution in [3.8, 4) is 0 Å². The Morgan fingerprint density at radius 3 is 2.28 bits per heavy atom. The smallest absolute Gasteiger partial charge is 0.242 e. The van der Waals surface area contributed by atoms with Gasteiger partial charge in [0.1, 0.15) is 6.04 Å². The van der Waals surface area contributed by atoms with E-state index in [1.807, 2.05) is 12.1 Å². The molecule has 2 aromatic rings. The molecule has 1 fully saturated rings. The van der Waals surface area contributed by atoms with Crippen LogP contribution < -0.4 is 10.0 Å². The van der Waals surface area contributed by atoms with Gasteiger partial charge in [-0.2, -0.15) is 0 Å². The highest BCUT2D eigenvalue weighted by Gasteiger charge is 2.28. The minimum absolute atomic E-state index is 0.0461. The van der Waals surface area contributed by atoms with Gasteiger partial charge in [0.15, 0.2) is 0 Å². The van der Waals surface area contributed by atoms with Crippen molar-refractivity contribution >= 4 is 33.4 Å². The van der Waals surface area contributed by atoms with Crippen LogP contribution >= 0.6 is 11.6 Å². The average molecular weight is 534 g/mol. The monoisotopic (exact) mass is 533 g/mol. The SMILES string of the molecule is CCCCCNC(=O)[C@H](C)N(Cc1ccc(Cl)cc1)C(=O)CCc1ccc(S(=O)(=O)NC2CC2)cc1. The van der Waals surface area contributed by atoms with Crippen LogP contribution in [-0.2, 0) is 32.6 Å². The molecule has 0 aliphatic heterocycles. The third-order valence-electron chi connectivity index (χ3n) is 6.27. The fourth-order valence-corrected chi connectivity index (χ4v) is 5.25. The highest BCUT2D eigenvalue weighted by atomic mass is 35.5. The van der Waals surface area contributed by atoms with Crippen molar-refractivity contribution in [2.75, 3.05) is 6.54 Å². The molecular formula is C27H36ClN3O4S. The zero-order chi connectivity index (χ0) is 26.1. The molecule has 36 heavy (non-hydrogen) atoms. The molecule has 2 aromatic carbocycles. The van der Waals surface area contributed by atoms with Crippen molar-refractivity contribution in [2.24, 2.45) is 0 Å². The van der Waals surface area contributed by atoms with Gasteiger partial charge in [-0.15, -0.1) is 0 Å². The number of halogens is 1. The van der Waals surface area contributed by atoms with Gasteiger partial charge >= 0.3 is 0 Å². The Balaban J connectivity index is 1.64. The topological polar surface area (TPSA) is 95.6 Å². The fourth-order valence-electron chi connectivity index (χ4n) is 3.82. The first-order chi connectivity index (χ1) is 17.2. The minimum Gasteiger partial charge on any atom is -0.354 e. The maximum atomic E-state index is 13.3. The lowest BCUT2D eigenvalue weighted by atomic mass is 10.1.